The summed E-state index contributed by atoms with van der Waals surface area (Å²) in [6, 6.07) is 15.9. The minimum absolute atomic E-state index is 0.102. The number of thiophene rings is 1. The van der Waals surface area contributed by atoms with Gasteiger partial charge in [0.1, 0.15) is 16.5 Å². The van der Waals surface area contributed by atoms with Crippen LogP contribution in [0.5, 0.6) is 5.75 Å². The van der Waals surface area contributed by atoms with E-state index in [1.54, 1.807) is 24.7 Å². The zero-order valence-electron chi connectivity index (χ0n) is 21.3. The quantitative estimate of drug-likeness (QED) is 0.282. The number of aliphatic imine (C=N–C) groups is 1. The van der Waals surface area contributed by atoms with Crippen LogP contribution in [0.2, 0.25) is 0 Å². The zero-order valence-corrected chi connectivity index (χ0v) is 22.1. The standard InChI is InChI=1S/C30H32N2O3S/c1-30(2,3)20-12-13-23-26(16-20)36-29(27(23)28(33)31-17-21-9-7-15-35-21)32-18-24-22-10-6-5-8-19(22)11-14-25(24)34-4/h5-11,14-15,18,20H,12-13,16-17H2,1-4H3,(H,31,33)/t20-/m0/s1. The molecule has 1 atom stereocenters. The number of carbonyl (C=O) groups is 1. The minimum Gasteiger partial charge on any atom is -0.496 e. The molecule has 5 nitrogen and oxygen atoms in total. The summed E-state index contributed by atoms with van der Waals surface area (Å²) in [5.74, 6) is 1.97. The summed E-state index contributed by atoms with van der Waals surface area (Å²) in [5.41, 5.74) is 2.98. The Morgan fingerprint density at radius 2 is 2.03 bits per heavy atom. The van der Waals surface area contributed by atoms with Crippen molar-refractivity contribution in [3.8, 4) is 5.75 Å². The Morgan fingerprint density at radius 1 is 1.19 bits per heavy atom. The Bertz CT molecular complexity index is 1410. The van der Waals surface area contributed by atoms with Gasteiger partial charge in [-0.25, -0.2) is 4.99 Å². The molecule has 0 unspecified atom stereocenters. The Kier molecular flexibility index (Phi) is 6.71. The van der Waals surface area contributed by atoms with E-state index in [0.29, 0.717) is 18.0 Å². The second kappa shape index (κ2) is 9.94. The van der Waals surface area contributed by atoms with Crippen molar-refractivity contribution >= 4 is 39.2 Å². The Morgan fingerprint density at radius 3 is 2.78 bits per heavy atom. The van der Waals surface area contributed by atoms with Gasteiger partial charge >= 0.3 is 0 Å². The van der Waals surface area contributed by atoms with Crippen molar-refractivity contribution in [3.05, 3.63) is 82.1 Å². The Balaban J connectivity index is 1.54. The van der Waals surface area contributed by atoms with Crippen LogP contribution in [0.4, 0.5) is 5.00 Å². The molecular weight excluding hydrogens is 468 g/mol. The number of amides is 1. The van der Waals surface area contributed by atoms with Gasteiger partial charge in [-0.1, -0.05) is 51.1 Å². The largest absolute Gasteiger partial charge is 0.496 e. The predicted molar refractivity (Wildman–Crippen MR) is 147 cm³/mol. The van der Waals surface area contributed by atoms with Crippen LogP contribution in [-0.2, 0) is 19.4 Å². The number of fused-ring (bicyclic) bond motifs is 2. The van der Waals surface area contributed by atoms with Crippen molar-refractivity contribution in [2.45, 2.75) is 46.6 Å². The molecule has 5 rings (SSSR count). The van der Waals surface area contributed by atoms with Crippen LogP contribution in [-0.4, -0.2) is 19.2 Å². The highest BCUT2D eigenvalue weighted by atomic mass is 32.1. The lowest BCUT2D eigenvalue weighted by molar-refractivity contribution is 0.0947. The first-order valence-electron chi connectivity index (χ1n) is 12.4. The topological polar surface area (TPSA) is 63.8 Å². The lowest BCUT2D eigenvalue weighted by atomic mass is 9.72. The predicted octanol–water partition coefficient (Wildman–Crippen LogP) is 7.33. The Labute approximate surface area is 216 Å². The number of rotatable bonds is 6. The fourth-order valence-electron chi connectivity index (χ4n) is 5.01. The average molecular weight is 501 g/mol. The Hall–Kier alpha value is -3.38. The molecule has 0 bridgehead atoms. The molecule has 0 fully saturated rings. The summed E-state index contributed by atoms with van der Waals surface area (Å²) in [4.78, 5) is 19.7. The summed E-state index contributed by atoms with van der Waals surface area (Å²) in [5, 5.41) is 5.98. The van der Waals surface area contributed by atoms with Gasteiger partial charge in [-0.05, 0) is 65.1 Å². The summed E-state index contributed by atoms with van der Waals surface area (Å²) < 4.78 is 11.1. The van der Waals surface area contributed by atoms with Gasteiger partial charge in [0.2, 0.25) is 0 Å². The number of furan rings is 1. The number of carbonyl (C=O) groups excluding carboxylic acids is 1. The molecule has 1 amide bonds. The van der Waals surface area contributed by atoms with Crippen molar-refractivity contribution in [1.29, 1.82) is 0 Å². The van der Waals surface area contributed by atoms with E-state index in [9.17, 15) is 4.79 Å². The second-order valence-corrected chi connectivity index (χ2v) is 11.5. The number of methoxy groups -OCH3 is 1. The third kappa shape index (κ3) is 4.82. The monoisotopic (exact) mass is 500 g/mol. The smallest absolute Gasteiger partial charge is 0.255 e. The van der Waals surface area contributed by atoms with Gasteiger partial charge in [0.25, 0.3) is 5.91 Å². The molecule has 6 heteroatoms. The highest BCUT2D eigenvalue weighted by molar-refractivity contribution is 7.16. The number of hydrogen-bond donors (Lipinski definition) is 1. The second-order valence-electron chi connectivity index (χ2n) is 10.4. The van der Waals surface area contributed by atoms with Crippen LogP contribution in [0.3, 0.4) is 0 Å². The zero-order chi connectivity index (χ0) is 25.3. The summed E-state index contributed by atoms with van der Waals surface area (Å²) >= 11 is 1.65. The molecule has 2 aromatic heterocycles. The molecule has 0 saturated carbocycles. The number of ether oxygens (including phenoxy) is 1. The molecule has 0 saturated heterocycles. The molecule has 2 heterocycles. The van der Waals surface area contributed by atoms with E-state index in [1.165, 1.54) is 4.88 Å². The van der Waals surface area contributed by atoms with Gasteiger partial charge in [0.15, 0.2) is 0 Å². The van der Waals surface area contributed by atoms with Crippen LogP contribution >= 0.6 is 11.3 Å². The van der Waals surface area contributed by atoms with Gasteiger partial charge in [0.05, 0.1) is 25.5 Å². The van der Waals surface area contributed by atoms with Gasteiger partial charge in [-0.2, -0.15) is 0 Å². The van der Waals surface area contributed by atoms with E-state index in [4.69, 9.17) is 14.1 Å². The number of hydrogen-bond acceptors (Lipinski definition) is 5. The van der Waals surface area contributed by atoms with Crippen LogP contribution < -0.4 is 10.1 Å². The first kappa shape index (κ1) is 24.3. The summed E-state index contributed by atoms with van der Waals surface area (Å²) in [6.45, 7) is 7.26. The fraction of sp³-hybridized carbons (Fsp3) is 0.333. The van der Waals surface area contributed by atoms with Crippen molar-refractivity contribution in [2.24, 2.45) is 16.3 Å². The molecule has 1 aliphatic rings. The van der Waals surface area contributed by atoms with E-state index in [-0.39, 0.29) is 11.3 Å². The number of nitrogens with zero attached hydrogens (tertiary/aromatic N) is 1. The van der Waals surface area contributed by atoms with E-state index in [2.05, 4.69) is 44.3 Å². The molecule has 1 aliphatic carbocycles. The molecule has 1 N–H and O–H groups in total. The number of benzene rings is 2. The van der Waals surface area contributed by atoms with E-state index in [1.807, 2.05) is 36.5 Å². The highest BCUT2D eigenvalue weighted by Gasteiger charge is 2.33. The van der Waals surface area contributed by atoms with Crippen molar-refractivity contribution < 1.29 is 13.9 Å². The van der Waals surface area contributed by atoms with Crippen LogP contribution in [0, 0.1) is 11.3 Å². The molecule has 0 spiro atoms. The normalized spacial score (nSPS) is 15.8. The minimum atomic E-state index is -0.102. The van der Waals surface area contributed by atoms with E-state index >= 15 is 0 Å². The lowest BCUT2D eigenvalue weighted by Crippen LogP contribution is -2.28. The van der Waals surface area contributed by atoms with Gasteiger partial charge < -0.3 is 14.5 Å². The third-order valence-electron chi connectivity index (χ3n) is 7.16. The molecule has 2 aromatic carbocycles. The van der Waals surface area contributed by atoms with Gasteiger partial charge in [0, 0.05) is 16.7 Å². The van der Waals surface area contributed by atoms with E-state index < -0.39 is 0 Å². The number of nitrogens with one attached hydrogen (secondary N) is 1. The molecule has 4 aromatic rings. The maximum absolute atomic E-state index is 13.5. The van der Waals surface area contributed by atoms with Crippen molar-refractivity contribution in [1.82, 2.24) is 5.32 Å². The van der Waals surface area contributed by atoms with E-state index in [0.717, 1.165) is 57.7 Å². The van der Waals surface area contributed by atoms with Crippen molar-refractivity contribution in [2.75, 3.05) is 7.11 Å². The van der Waals surface area contributed by atoms with Crippen LogP contribution in [0.1, 0.15) is 59.3 Å². The third-order valence-corrected chi connectivity index (χ3v) is 8.33. The molecule has 186 valence electrons. The van der Waals surface area contributed by atoms with Gasteiger partial charge in [-0.3, -0.25) is 4.79 Å². The van der Waals surface area contributed by atoms with Crippen molar-refractivity contribution in [3.63, 3.8) is 0 Å². The maximum Gasteiger partial charge on any atom is 0.255 e. The fourth-order valence-corrected chi connectivity index (χ4v) is 6.28. The molecule has 0 aliphatic heterocycles. The molecule has 36 heavy (non-hydrogen) atoms. The molecule has 0 radical (unpaired) electrons. The van der Waals surface area contributed by atoms with Crippen LogP contribution in [0.15, 0.2) is 64.2 Å². The first-order valence-corrected chi connectivity index (χ1v) is 13.2. The van der Waals surface area contributed by atoms with Gasteiger partial charge in [-0.15, -0.1) is 11.3 Å². The summed E-state index contributed by atoms with van der Waals surface area (Å²) in [7, 11) is 1.67. The lowest BCUT2D eigenvalue weighted by Gasteiger charge is -2.33. The first-order chi connectivity index (χ1) is 17.3. The molecular formula is C30H32N2O3S. The summed E-state index contributed by atoms with van der Waals surface area (Å²) in [6.07, 6.45) is 6.42. The van der Waals surface area contributed by atoms with Crippen LogP contribution in [0.25, 0.3) is 10.8 Å². The highest BCUT2D eigenvalue weighted by Crippen LogP contribution is 2.45. The maximum atomic E-state index is 13.5. The SMILES string of the molecule is COc1ccc2ccccc2c1C=Nc1sc2c(c1C(=O)NCc1ccco1)CC[C@H](C(C)(C)C)C2. The average Bonchev–Trinajstić information content (AvgIpc) is 3.52.